The second kappa shape index (κ2) is 10.9. The average Bonchev–Trinajstić information content (AvgIpc) is 3.13. The molecule has 10 heteroatoms. The number of amides is 4. The highest BCUT2D eigenvalue weighted by Gasteiger charge is 2.51. The fourth-order valence-electron chi connectivity index (χ4n) is 4.00. The van der Waals surface area contributed by atoms with Gasteiger partial charge in [0.15, 0.2) is 0 Å². The molecule has 0 saturated carbocycles. The van der Waals surface area contributed by atoms with E-state index in [4.69, 9.17) is 14.2 Å². The number of urea groups is 1. The van der Waals surface area contributed by atoms with Crippen LogP contribution in [0.1, 0.15) is 24.5 Å². The van der Waals surface area contributed by atoms with Gasteiger partial charge in [-0.2, -0.15) is 0 Å². The van der Waals surface area contributed by atoms with Crippen molar-refractivity contribution in [1.29, 1.82) is 0 Å². The zero-order valence-electron chi connectivity index (χ0n) is 20.2. The first kappa shape index (κ1) is 25.5. The molecule has 0 spiro atoms. The Kier molecular flexibility index (Phi) is 7.95. The van der Waals surface area contributed by atoms with Crippen molar-refractivity contribution in [1.82, 2.24) is 15.1 Å². The topological polar surface area (TPSA) is 114 Å². The number of nitrogens with zero attached hydrogens (tertiary/aromatic N) is 2. The molecule has 3 rings (SSSR count). The van der Waals surface area contributed by atoms with Gasteiger partial charge in [-0.25, -0.2) is 4.79 Å². The summed E-state index contributed by atoms with van der Waals surface area (Å²) >= 11 is 0. The molecule has 186 valence electrons. The van der Waals surface area contributed by atoms with Gasteiger partial charge in [0.1, 0.15) is 30.1 Å². The maximum absolute atomic E-state index is 13.4. The summed E-state index contributed by atoms with van der Waals surface area (Å²) in [5.41, 5.74) is -0.0000685. The standard InChI is InChI=1S/C25H29N3O7/c1-5-25(18-9-7-6-8-10-18)23(31)28(24(32)26-25)15-21(29)27(16-22(30)35-4)14-17-11-19(33-2)13-20(12-17)34-3/h6-13H,5,14-16H2,1-4H3,(H,26,32). The molecule has 1 N–H and O–H groups in total. The first-order valence-corrected chi connectivity index (χ1v) is 11.0. The normalized spacial score (nSPS) is 17.1. The molecule has 2 aromatic carbocycles. The fraction of sp³-hybridized carbons (Fsp3) is 0.360. The first-order valence-electron chi connectivity index (χ1n) is 11.0. The van der Waals surface area contributed by atoms with E-state index in [9.17, 15) is 19.2 Å². The molecule has 2 aromatic rings. The summed E-state index contributed by atoms with van der Waals surface area (Å²) in [6.07, 6.45) is 0.307. The van der Waals surface area contributed by atoms with Gasteiger partial charge in [0.05, 0.1) is 21.3 Å². The van der Waals surface area contributed by atoms with E-state index in [-0.39, 0.29) is 13.1 Å². The van der Waals surface area contributed by atoms with Crippen LogP contribution in [0.5, 0.6) is 11.5 Å². The van der Waals surface area contributed by atoms with Gasteiger partial charge in [0, 0.05) is 12.6 Å². The molecule has 1 atom stereocenters. The van der Waals surface area contributed by atoms with Crippen molar-refractivity contribution in [2.45, 2.75) is 25.4 Å². The number of carbonyl (C=O) groups is 4. The maximum Gasteiger partial charge on any atom is 0.325 e. The molecule has 1 heterocycles. The number of imide groups is 1. The molecule has 0 aliphatic carbocycles. The highest BCUT2D eigenvalue weighted by atomic mass is 16.5. The molecule has 1 fully saturated rings. The Bertz CT molecular complexity index is 1080. The van der Waals surface area contributed by atoms with Crippen LogP contribution in [0.3, 0.4) is 0 Å². The van der Waals surface area contributed by atoms with Crippen LogP contribution < -0.4 is 14.8 Å². The van der Waals surface area contributed by atoms with Crippen molar-refractivity contribution in [3.8, 4) is 11.5 Å². The van der Waals surface area contributed by atoms with Crippen LogP contribution in [0.25, 0.3) is 0 Å². The minimum atomic E-state index is -1.26. The predicted octanol–water partition coefficient (Wildman–Crippen LogP) is 2.06. The van der Waals surface area contributed by atoms with E-state index >= 15 is 0 Å². The largest absolute Gasteiger partial charge is 0.497 e. The molecule has 1 aliphatic heterocycles. The molecule has 1 saturated heterocycles. The van der Waals surface area contributed by atoms with Gasteiger partial charge in [-0.05, 0) is 29.7 Å². The highest BCUT2D eigenvalue weighted by Crippen LogP contribution is 2.32. The van der Waals surface area contributed by atoms with Gasteiger partial charge in [-0.3, -0.25) is 19.3 Å². The Morgan fingerprint density at radius 3 is 2.17 bits per heavy atom. The summed E-state index contributed by atoms with van der Waals surface area (Å²) in [6, 6.07) is 13.3. The number of nitrogens with one attached hydrogen (secondary N) is 1. The van der Waals surface area contributed by atoms with Crippen molar-refractivity contribution in [3.63, 3.8) is 0 Å². The minimum absolute atomic E-state index is 0.00273. The molecule has 0 aromatic heterocycles. The number of hydrogen-bond acceptors (Lipinski definition) is 7. The number of carbonyl (C=O) groups excluding carboxylic acids is 4. The van der Waals surface area contributed by atoms with Gasteiger partial charge in [0.25, 0.3) is 5.91 Å². The number of esters is 1. The molecule has 35 heavy (non-hydrogen) atoms. The molecule has 1 unspecified atom stereocenters. The summed E-state index contributed by atoms with van der Waals surface area (Å²) in [7, 11) is 4.22. The molecular weight excluding hydrogens is 454 g/mol. The third-order valence-electron chi connectivity index (χ3n) is 5.95. The lowest BCUT2D eigenvalue weighted by atomic mass is 9.87. The summed E-state index contributed by atoms with van der Waals surface area (Å²) in [5.74, 6) is -0.743. The quantitative estimate of drug-likeness (QED) is 0.406. The Balaban J connectivity index is 1.85. The zero-order chi connectivity index (χ0) is 25.6. The van der Waals surface area contributed by atoms with Crippen molar-refractivity contribution in [3.05, 3.63) is 59.7 Å². The van der Waals surface area contributed by atoms with E-state index in [1.165, 1.54) is 26.2 Å². The van der Waals surface area contributed by atoms with Gasteiger partial charge >= 0.3 is 12.0 Å². The number of methoxy groups -OCH3 is 3. The van der Waals surface area contributed by atoms with Crippen molar-refractivity contribution in [2.24, 2.45) is 0 Å². The predicted molar refractivity (Wildman–Crippen MR) is 126 cm³/mol. The number of benzene rings is 2. The van der Waals surface area contributed by atoms with Crippen molar-refractivity contribution >= 4 is 23.8 Å². The number of ether oxygens (including phenoxy) is 3. The van der Waals surface area contributed by atoms with Crippen molar-refractivity contribution in [2.75, 3.05) is 34.4 Å². The van der Waals surface area contributed by atoms with Crippen LogP contribution in [-0.2, 0) is 31.2 Å². The smallest absolute Gasteiger partial charge is 0.325 e. The molecule has 10 nitrogen and oxygen atoms in total. The number of rotatable bonds is 10. The average molecular weight is 484 g/mol. The Hall–Kier alpha value is -4.08. The third-order valence-corrected chi connectivity index (χ3v) is 5.95. The highest BCUT2D eigenvalue weighted by molar-refractivity contribution is 6.09. The lowest BCUT2D eigenvalue weighted by Gasteiger charge is -2.27. The lowest BCUT2D eigenvalue weighted by molar-refractivity contribution is -0.148. The lowest BCUT2D eigenvalue weighted by Crippen LogP contribution is -2.46. The molecule has 4 amide bonds. The van der Waals surface area contributed by atoms with E-state index in [0.717, 1.165) is 4.90 Å². The van der Waals surface area contributed by atoms with Gasteiger partial charge < -0.3 is 24.4 Å². The van der Waals surface area contributed by atoms with Crippen LogP contribution >= 0.6 is 0 Å². The van der Waals surface area contributed by atoms with Crippen LogP contribution in [0.15, 0.2) is 48.5 Å². The molecular formula is C25H29N3O7. The van der Waals surface area contributed by atoms with Crippen molar-refractivity contribution < 1.29 is 33.4 Å². The second-order valence-corrected chi connectivity index (χ2v) is 7.99. The van der Waals surface area contributed by atoms with Gasteiger partial charge in [-0.15, -0.1) is 0 Å². The maximum atomic E-state index is 13.4. The number of hydrogen-bond donors (Lipinski definition) is 1. The SMILES string of the molecule is CCC1(c2ccccc2)NC(=O)N(CC(=O)N(CC(=O)OC)Cc2cc(OC)cc(OC)c2)C1=O. The van der Waals surface area contributed by atoms with Gasteiger partial charge in [0.2, 0.25) is 5.91 Å². The monoisotopic (exact) mass is 483 g/mol. The fourth-order valence-corrected chi connectivity index (χ4v) is 4.00. The molecule has 1 aliphatic rings. The Labute approximate surface area is 203 Å². The van der Waals surface area contributed by atoms with Crippen LogP contribution in [0.4, 0.5) is 4.79 Å². The Morgan fingerprint density at radius 1 is 1.00 bits per heavy atom. The minimum Gasteiger partial charge on any atom is -0.497 e. The zero-order valence-corrected chi connectivity index (χ0v) is 20.2. The molecule has 0 radical (unpaired) electrons. The van der Waals surface area contributed by atoms with Crippen LogP contribution in [0.2, 0.25) is 0 Å². The van der Waals surface area contributed by atoms with E-state index in [0.29, 0.717) is 29.0 Å². The van der Waals surface area contributed by atoms with E-state index < -0.39 is 35.9 Å². The summed E-state index contributed by atoms with van der Waals surface area (Å²) in [4.78, 5) is 53.6. The first-order chi connectivity index (χ1) is 16.8. The third kappa shape index (κ3) is 5.37. The molecule has 0 bridgehead atoms. The van der Waals surface area contributed by atoms with E-state index in [1.54, 1.807) is 49.4 Å². The van der Waals surface area contributed by atoms with Crippen LogP contribution in [-0.4, -0.2) is 68.0 Å². The summed E-state index contributed by atoms with van der Waals surface area (Å²) < 4.78 is 15.3. The van der Waals surface area contributed by atoms with Crippen LogP contribution in [0, 0.1) is 0 Å². The summed E-state index contributed by atoms with van der Waals surface area (Å²) in [5, 5.41) is 2.75. The van der Waals surface area contributed by atoms with Gasteiger partial charge in [-0.1, -0.05) is 37.3 Å². The summed E-state index contributed by atoms with van der Waals surface area (Å²) in [6.45, 7) is 0.895. The van der Waals surface area contributed by atoms with E-state index in [2.05, 4.69) is 5.32 Å². The second-order valence-electron chi connectivity index (χ2n) is 7.99. The Morgan fingerprint density at radius 2 is 1.63 bits per heavy atom. The van der Waals surface area contributed by atoms with E-state index in [1.807, 2.05) is 6.07 Å².